The molecule has 1 unspecified atom stereocenters. The van der Waals surface area contributed by atoms with E-state index in [1.807, 2.05) is 0 Å². The van der Waals surface area contributed by atoms with Crippen molar-refractivity contribution >= 4 is 17.4 Å². The first-order chi connectivity index (χ1) is 17.4. The number of hydrogen-bond donors (Lipinski definition) is 2. The fourth-order valence-corrected chi connectivity index (χ4v) is 5.10. The Hall–Kier alpha value is -3.60. The van der Waals surface area contributed by atoms with Crippen LogP contribution >= 0.6 is 0 Å². The lowest BCUT2D eigenvalue weighted by Gasteiger charge is -2.25. The van der Waals surface area contributed by atoms with Crippen LogP contribution in [-0.4, -0.2) is 44.4 Å². The molecule has 0 aromatic heterocycles. The highest BCUT2D eigenvalue weighted by Crippen LogP contribution is 2.32. The quantitative estimate of drug-likeness (QED) is 0.550. The van der Waals surface area contributed by atoms with Crippen LogP contribution in [0.3, 0.4) is 0 Å². The Morgan fingerprint density at radius 1 is 0.743 bits per heavy atom. The van der Waals surface area contributed by atoms with Gasteiger partial charge < -0.3 is 15.5 Å². The largest absolute Gasteiger partial charge is 0.371 e. The van der Waals surface area contributed by atoms with Crippen molar-refractivity contribution in [3.63, 3.8) is 0 Å². The van der Waals surface area contributed by atoms with E-state index in [1.165, 1.54) is 47.5 Å². The number of rotatable bonds is 6. The zero-order chi connectivity index (χ0) is 23.7. The maximum atomic E-state index is 4.56. The molecule has 0 saturated heterocycles. The van der Waals surface area contributed by atoms with E-state index in [2.05, 4.69) is 110 Å². The molecule has 1 aliphatic carbocycles. The van der Waals surface area contributed by atoms with Crippen molar-refractivity contribution in [2.45, 2.75) is 31.7 Å². The van der Waals surface area contributed by atoms with E-state index >= 15 is 0 Å². The monoisotopic (exact) mass is 465 g/mol. The van der Waals surface area contributed by atoms with Gasteiger partial charge in [0, 0.05) is 31.2 Å². The third-order valence-corrected chi connectivity index (χ3v) is 6.82. The summed E-state index contributed by atoms with van der Waals surface area (Å²) in [6.45, 7) is 5.55. The molecule has 5 nitrogen and oxygen atoms in total. The molecule has 1 atom stereocenters. The van der Waals surface area contributed by atoms with Crippen LogP contribution in [0, 0.1) is 0 Å². The Kier molecular flexibility index (Phi) is 7.74. The van der Waals surface area contributed by atoms with Gasteiger partial charge in [0.15, 0.2) is 0 Å². The van der Waals surface area contributed by atoms with Crippen molar-refractivity contribution in [2.24, 2.45) is 9.98 Å². The maximum Gasteiger partial charge on any atom is 0.116 e. The fraction of sp³-hybridized carbons (Fsp3) is 0.333. The minimum absolute atomic E-state index is 0.539. The second kappa shape index (κ2) is 11.7. The number of para-hydroxylation sites is 1. The summed E-state index contributed by atoms with van der Waals surface area (Å²) in [4.78, 5) is 11.4. The molecule has 0 bridgehead atoms. The maximum absolute atomic E-state index is 4.56. The number of nitrogens with zero attached hydrogens (tertiary/aromatic N) is 3. The zero-order valence-corrected chi connectivity index (χ0v) is 20.4. The molecule has 0 saturated carbocycles. The summed E-state index contributed by atoms with van der Waals surface area (Å²) in [6.07, 6.45) is 3.78. The molecule has 3 aliphatic rings. The van der Waals surface area contributed by atoms with Crippen LogP contribution in [0.1, 0.15) is 35.4 Å². The van der Waals surface area contributed by atoms with Crippen molar-refractivity contribution in [3.8, 4) is 0 Å². The summed E-state index contributed by atoms with van der Waals surface area (Å²) in [7, 11) is 0. The number of hydrogen-bond acceptors (Lipinski definition) is 5. The third-order valence-electron chi connectivity index (χ3n) is 6.82. The smallest absolute Gasteiger partial charge is 0.116 e. The number of fused-ring (bicyclic) bond motifs is 1. The minimum atomic E-state index is 0.539. The van der Waals surface area contributed by atoms with E-state index in [1.54, 1.807) is 0 Å². The summed E-state index contributed by atoms with van der Waals surface area (Å²) >= 11 is 0. The van der Waals surface area contributed by atoms with E-state index in [0.29, 0.717) is 5.92 Å². The number of aliphatic imine (C=N–C) groups is 2. The molecular weight excluding hydrogens is 430 g/mol. The van der Waals surface area contributed by atoms with Crippen LogP contribution in [0.15, 0.2) is 94.9 Å². The molecule has 6 rings (SSSR count). The highest BCUT2D eigenvalue weighted by atomic mass is 15.2. The third kappa shape index (κ3) is 6.10. The SMILES string of the molecule is c1ccc(CN(CC2=NCCN2)c2ccccc2)cc1.c1ccc2c(c1)CCCC2C1=NCCN1. The first-order valence-corrected chi connectivity index (χ1v) is 12.8. The van der Waals surface area contributed by atoms with E-state index in [0.717, 1.165) is 45.1 Å². The molecule has 180 valence electrons. The van der Waals surface area contributed by atoms with Crippen molar-refractivity contribution in [2.75, 3.05) is 37.6 Å². The van der Waals surface area contributed by atoms with Crippen LogP contribution in [0.5, 0.6) is 0 Å². The normalized spacial score (nSPS) is 18.2. The molecule has 3 aromatic carbocycles. The Bertz CT molecular complexity index is 1140. The van der Waals surface area contributed by atoms with Gasteiger partial charge in [-0.05, 0) is 48.1 Å². The van der Waals surface area contributed by atoms with Gasteiger partial charge in [0.2, 0.25) is 0 Å². The van der Waals surface area contributed by atoms with Crippen molar-refractivity contribution in [1.82, 2.24) is 10.6 Å². The van der Waals surface area contributed by atoms with E-state index in [4.69, 9.17) is 0 Å². The first kappa shape index (κ1) is 23.2. The summed E-state index contributed by atoms with van der Waals surface area (Å²) in [6, 6.07) is 29.9. The van der Waals surface area contributed by atoms with Crippen LogP contribution in [0.25, 0.3) is 0 Å². The summed E-state index contributed by atoms with van der Waals surface area (Å²) in [5.41, 5.74) is 5.56. The van der Waals surface area contributed by atoms with Gasteiger partial charge >= 0.3 is 0 Å². The summed E-state index contributed by atoms with van der Waals surface area (Å²) in [5.74, 6) is 2.85. The summed E-state index contributed by atoms with van der Waals surface area (Å²) < 4.78 is 0. The van der Waals surface area contributed by atoms with E-state index in [-0.39, 0.29) is 0 Å². The Morgan fingerprint density at radius 2 is 1.46 bits per heavy atom. The second-order valence-corrected chi connectivity index (χ2v) is 9.27. The lowest BCUT2D eigenvalue weighted by atomic mass is 9.82. The lowest BCUT2D eigenvalue weighted by Crippen LogP contribution is -2.34. The molecule has 5 heteroatoms. The van der Waals surface area contributed by atoms with Gasteiger partial charge in [-0.15, -0.1) is 0 Å². The van der Waals surface area contributed by atoms with Gasteiger partial charge in [-0.2, -0.15) is 0 Å². The van der Waals surface area contributed by atoms with Gasteiger partial charge in [-0.1, -0.05) is 72.8 Å². The van der Waals surface area contributed by atoms with Crippen LogP contribution in [0.2, 0.25) is 0 Å². The molecule has 0 radical (unpaired) electrons. The average Bonchev–Trinajstić information content (AvgIpc) is 3.65. The lowest BCUT2D eigenvalue weighted by molar-refractivity contribution is 0.641. The zero-order valence-electron chi connectivity index (χ0n) is 20.4. The molecule has 35 heavy (non-hydrogen) atoms. The first-order valence-electron chi connectivity index (χ1n) is 12.8. The predicted octanol–water partition coefficient (Wildman–Crippen LogP) is 4.80. The number of aryl methyl sites for hydroxylation is 1. The fourth-order valence-electron chi connectivity index (χ4n) is 5.10. The number of anilines is 1. The molecule has 3 aromatic rings. The highest BCUT2D eigenvalue weighted by Gasteiger charge is 2.25. The Morgan fingerprint density at radius 3 is 2.20 bits per heavy atom. The summed E-state index contributed by atoms with van der Waals surface area (Å²) in [5, 5.41) is 6.77. The Balaban J connectivity index is 0.000000151. The number of benzene rings is 3. The average molecular weight is 466 g/mol. The van der Waals surface area contributed by atoms with Gasteiger partial charge in [0.1, 0.15) is 11.7 Å². The van der Waals surface area contributed by atoms with Gasteiger partial charge in [-0.3, -0.25) is 9.98 Å². The van der Waals surface area contributed by atoms with E-state index < -0.39 is 0 Å². The van der Waals surface area contributed by atoms with Crippen molar-refractivity contribution in [1.29, 1.82) is 0 Å². The topological polar surface area (TPSA) is 52.0 Å². The molecule has 2 N–H and O–H groups in total. The molecule has 0 amide bonds. The molecule has 2 heterocycles. The second-order valence-electron chi connectivity index (χ2n) is 9.27. The standard InChI is InChI=1S/C17H19N3.C13H16N2/c1-3-7-15(8-4-1)13-20(14-17-18-11-12-19-17)16-9-5-2-6-10-16;1-2-6-11-10(4-1)5-3-7-12(11)13-14-8-9-15-13/h1-10H,11-14H2,(H,18,19);1-2,4,6,12H,3,5,7-9H2,(H,14,15). The molecule has 0 spiro atoms. The molecule has 0 fully saturated rings. The van der Waals surface area contributed by atoms with Crippen molar-refractivity contribution in [3.05, 3.63) is 102 Å². The number of amidine groups is 2. The van der Waals surface area contributed by atoms with E-state index in [9.17, 15) is 0 Å². The number of nitrogens with one attached hydrogen (secondary N) is 2. The van der Waals surface area contributed by atoms with Gasteiger partial charge in [0.05, 0.1) is 19.6 Å². The van der Waals surface area contributed by atoms with Crippen LogP contribution < -0.4 is 15.5 Å². The van der Waals surface area contributed by atoms with Crippen molar-refractivity contribution < 1.29 is 0 Å². The minimum Gasteiger partial charge on any atom is -0.371 e. The Labute approximate surface area is 209 Å². The highest BCUT2D eigenvalue weighted by molar-refractivity contribution is 5.90. The van der Waals surface area contributed by atoms with Gasteiger partial charge in [0.25, 0.3) is 0 Å². The van der Waals surface area contributed by atoms with Crippen LogP contribution in [0.4, 0.5) is 5.69 Å². The molecule has 2 aliphatic heterocycles. The predicted molar refractivity (Wildman–Crippen MR) is 147 cm³/mol. The molecular formula is C30H35N5. The van der Waals surface area contributed by atoms with Crippen LogP contribution in [-0.2, 0) is 13.0 Å². The van der Waals surface area contributed by atoms with Gasteiger partial charge in [-0.25, -0.2) is 0 Å².